The summed E-state index contributed by atoms with van der Waals surface area (Å²) in [6, 6.07) is 43.3. The van der Waals surface area contributed by atoms with Crippen LogP contribution in [0.1, 0.15) is 122 Å². The van der Waals surface area contributed by atoms with Gasteiger partial charge in [-0.1, -0.05) is 156 Å². The van der Waals surface area contributed by atoms with Crippen molar-refractivity contribution >= 4 is 3.21 Å². The SMILES string of the molecule is CC(C)(C)c1cc2c([c-]c1-c1ccccc1)Cc1cc(-c3ccccc3)c(C(C)(C)C)cc1-2.CC1[C-]=CC(C2(C)C3CC4CC(C3)CC2C4)=C1.C[C](=[Zr+2])c1ccccc1.[Cl-].[Cl-]. The molecule has 5 aromatic rings. The third kappa shape index (κ3) is 9.86. The van der Waals surface area contributed by atoms with E-state index in [0.717, 1.165) is 30.1 Å². The molecule has 0 amide bonds. The Bertz CT molecular complexity index is 2240. The van der Waals surface area contributed by atoms with Gasteiger partial charge in [-0.15, -0.1) is 28.8 Å². The van der Waals surface area contributed by atoms with E-state index in [4.69, 9.17) is 0 Å². The monoisotopic (exact) mass is 920 g/mol. The van der Waals surface area contributed by atoms with Crippen molar-refractivity contribution in [1.82, 2.24) is 0 Å². The van der Waals surface area contributed by atoms with Crippen molar-refractivity contribution in [3.05, 3.63) is 167 Å². The van der Waals surface area contributed by atoms with Crippen molar-refractivity contribution in [2.75, 3.05) is 0 Å². The molecule has 0 radical (unpaired) electrons. The molecule has 1 unspecified atom stereocenters. The van der Waals surface area contributed by atoms with Gasteiger partial charge in [0.05, 0.1) is 0 Å². The molecule has 0 aliphatic heterocycles. The van der Waals surface area contributed by atoms with E-state index in [0.29, 0.717) is 11.3 Å². The molecule has 3 heteroatoms. The number of rotatable bonds is 4. The molecule has 11 rings (SSSR count). The minimum absolute atomic E-state index is 0. The maximum atomic E-state index is 3.88. The normalized spacial score (nSPS) is 23.9. The van der Waals surface area contributed by atoms with Gasteiger partial charge in [0, 0.05) is 0 Å². The molecule has 0 nitrogen and oxygen atoms in total. The predicted octanol–water partition coefficient (Wildman–Crippen LogP) is 9.15. The summed E-state index contributed by atoms with van der Waals surface area (Å²) in [5.41, 5.74) is 17.0. The first-order chi connectivity index (χ1) is 28.1. The van der Waals surface area contributed by atoms with Crippen LogP contribution in [0, 0.1) is 47.1 Å². The van der Waals surface area contributed by atoms with Crippen LogP contribution in [0.3, 0.4) is 0 Å². The first kappa shape index (κ1) is 47.4. The van der Waals surface area contributed by atoms with Crippen LogP contribution >= 0.6 is 0 Å². The molecule has 4 fully saturated rings. The molecule has 0 saturated heterocycles. The largest absolute Gasteiger partial charge is 1.00 e. The zero-order valence-corrected chi connectivity index (χ0v) is 41.9. The predicted molar refractivity (Wildman–Crippen MR) is 248 cm³/mol. The number of halogens is 2. The molecule has 0 spiro atoms. The second-order valence-electron chi connectivity index (χ2n) is 20.7. The van der Waals surface area contributed by atoms with E-state index in [1.165, 1.54) is 114 Å². The fraction of sp³-hybridized carbons (Fsp3) is 0.397. The topological polar surface area (TPSA) is 0 Å². The number of allylic oxidation sites excluding steroid dienone is 4. The Morgan fingerprint density at radius 2 is 1.15 bits per heavy atom. The molecular weight excluding hydrogens is 859 g/mol. The standard InChI is InChI=1S/C33H33.C17H23.C8H8.2ClH.Zr/c1-32(2,3)30-20-26-24(18-28(30)22-13-9-7-10-14-22)17-25-19-29(23-15-11-8-12-16-23)31(21-27(25)26)33(4,5)6;1-11-3-4-14(5-11)17(2)15-7-12-6-13(9-15)10-16(17)8-12;1-2-8-6-4-3-5-7-8;;;/h7-16,18,20-21H,17H2,1-6H3;4-5,11-13,15-16H,6-10H2,1-2H3;3-7H,1H3;2*1H;/q2*-1;;;;+2/p-2. The van der Waals surface area contributed by atoms with Gasteiger partial charge in [0.1, 0.15) is 0 Å². The summed E-state index contributed by atoms with van der Waals surface area (Å²) in [7, 11) is 0. The summed E-state index contributed by atoms with van der Waals surface area (Å²) in [5.74, 6) is 4.68. The van der Waals surface area contributed by atoms with Crippen LogP contribution in [0.25, 0.3) is 33.4 Å². The molecule has 0 aromatic heterocycles. The molecule has 61 heavy (non-hydrogen) atoms. The van der Waals surface area contributed by atoms with Crippen LogP contribution in [-0.4, -0.2) is 3.21 Å². The average molecular weight is 923 g/mol. The maximum absolute atomic E-state index is 3.88. The molecule has 6 aliphatic rings. The Balaban J connectivity index is 0.000000184. The van der Waals surface area contributed by atoms with Gasteiger partial charge in [0.15, 0.2) is 0 Å². The first-order valence-corrected chi connectivity index (χ1v) is 23.6. The second kappa shape index (κ2) is 18.9. The Kier molecular flexibility index (Phi) is 14.7. The number of benzene rings is 5. The van der Waals surface area contributed by atoms with Crippen LogP contribution in [-0.2, 0) is 41.5 Å². The fourth-order valence-electron chi connectivity index (χ4n) is 11.3. The molecule has 0 heterocycles. The summed E-state index contributed by atoms with van der Waals surface area (Å²) in [4.78, 5) is 0. The number of hydrogen-bond donors (Lipinski definition) is 0. The van der Waals surface area contributed by atoms with Gasteiger partial charge in [0.2, 0.25) is 0 Å². The minimum atomic E-state index is 0. The Morgan fingerprint density at radius 3 is 1.62 bits per heavy atom. The van der Waals surface area contributed by atoms with E-state index in [1.54, 1.807) is 12.0 Å². The van der Waals surface area contributed by atoms with Crippen molar-refractivity contribution in [3.63, 3.8) is 0 Å². The van der Waals surface area contributed by atoms with Crippen molar-refractivity contribution < 1.29 is 49.0 Å². The maximum Gasteiger partial charge on any atom is -1.00 e. The first-order valence-electron chi connectivity index (χ1n) is 22.4. The number of hydrogen-bond acceptors (Lipinski definition) is 0. The average Bonchev–Trinajstić information content (AvgIpc) is 3.82. The fourth-order valence-corrected chi connectivity index (χ4v) is 11.8. The van der Waals surface area contributed by atoms with E-state index in [-0.39, 0.29) is 35.6 Å². The van der Waals surface area contributed by atoms with E-state index >= 15 is 0 Å². The molecule has 1 atom stereocenters. The second-order valence-corrected chi connectivity index (χ2v) is 22.6. The van der Waals surface area contributed by atoms with Crippen LogP contribution in [0.15, 0.2) is 127 Å². The zero-order valence-electron chi connectivity index (χ0n) is 37.9. The quantitative estimate of drug-likeness (QED) is 0.155. The third-order valence-corrected chi connectivity index (χ3v) is 15.1. The summed E-state index contributed by atoms with van der Waals surface area (Å²) in [6.07, 6.45) is 16.9. The Morgan fingerprint density at radius 1 is 0.639 bits per heavy atom. The zero-order chi connectivity index (χ0) is 41.7. The van der Waals surface area contributed by atoms with E-state index < -0.39 is 0 Å². The summed E-state index contributed by atoms with van der Waals surface area (Å²) in [6.45, 7) is 20.9. The molecule has 4 saturated carbocycles. The molecule has 6 aliphatic carbocycles. The van der Waals surface area contributed by atoms with E-state index in [2.05, 4.69) is 190 Å². The van der Waals surface area contributed by atoms with Crippen LogP contribution in [0.5, 0.6) is 0 Å². The van der Waals surface area contributed by atoms with Crippen LogP contribution in [0.4, 0.5) is 0 Å². The van der Waals surface area contributed by atoms with Gasteiger partial charge in [-0.2, -0.15) is 11.6 Å². The molecule has 5 aromatic carbocycles. The van der Waals surface area contributed by atoms with Crippen LogP contribution in [0.2, 0.25) is 0 Å². The Hall–Kier alpha value is -3.09. The smallest absolute Gasteiger partial charge is 1.00 e. The van der Waals surface area contributed by atoms with Gasteiger partial charge in [-0.3, -0.25) is 6.08 Å². The summed E-state index contributed by atoms with van der Waals surface area (Å²) < 4.78 is 1.46. The van der Waals surface area contributed by atoms with Gasteiger partial charge in [0.25, 0.3) is 0 Å². The summed E-state index contributed by atoms with van der Waals surface area (Å²) in [5, 5.41) is 0. The molecule has 4 bridgehead atoms. The molecule has 316 valence electrons. The molecular formula is C58H64Cl2Zr-2. The van der Waals surface area contributed by atoms with Gasteiger partial charge in [-0.05, 0) is 95.3 Å². The van der Waals surface area contributed by atoms with Crippen molar-refractivity contribution in [2.24, 2.45) is 35.0 Å². The Labute approximate surface area is 396 Å². The molecule has 0 N–H and O–H groups in total. The number of fused-ring (bicyclic) bond motifs is 3. The minimum Gasteiger partial charge on any atom is -1.00 e. The van der Waals surface area contributed by atoms with E-state index in [9.17, 15) is 0 Å². The van der Waals surface area contributed by atoms with Gasteiger partial charge < -0.3 is 24.8 Å². The van der Waals surface area contributed by atoms with Crippen molar-refractivity contribution in [2.45, 2.75) is 112 Å². The van der Waals surface area contributed by atoms with Gasteiger partial charge >= 0.3 is 70.3 Å². The van der Waals surface area contributed by atoms with Gasteiger partial charge in [-0.25, -0.2) is 6.08 Å². The van der Waals surface area contributed by atoms with Crippen LogP contribution < -0.4 is 24.8 Å². The third-order valence-electron chi connectivity index (χ3n) is 14.4. The van der Waals surface area contributed by atoms with Crippen molar-refractivity contribution in [1.29, 1.82) is 0 Å². The van der Waals surface area contributed by atoms with Crippen molar-refractivity contribution in [3.8, 4) is 33.4 Å². The van der Waals surface area contributed by atoms with E-state index in [1.807, 2.05) is 6.07 Å². The summed E-state index contributed by atoms with van der Waals surface area (Å²) >= 11 is 1.51.